The Morgan fingerprint density at radius 3 is 2.52 bits per heavy atom. The average molecular weight is 564 g/mol. The van der Waals surface area contributed by atoms with Crippen LogP contribution >= 0.6 is 45.2 Å². The normalized spacial score (nSPS) is 12.8. The van der Waals surface area contributed by atoms with Gasteiger partial charge in [-0.2, -0.15) is 0 Å². The van der Waals surface area contributed by atoms with Crippen LogP contribution in [0.3, 0.4) is 0 Å². The number of amides is 1. The predicted molar refractivity (Wildman–Crippen MR) is 110 cm³/mol. The van der Waals surface area contributed by atoms with Crippen LogP contribution in [0.1, 0.15) is 5.56 Å². The number of pyridine rings is 1. The maximum atomic E-state index is 12.3. The number of nitrogens with zero attached hydrogens (tertiary/aromatic N) is 2. The van der Waals surface area contributed by atoms with Crippen LogP contribution in [0.25, 0.3) is 0 Å². The van der Waals surface area contributed by atoms with E-state index in [0.29, 0.717) is 13.7 Å². The standard InChI is InChI=1S/C17H14I2N2O4/c18-12-7-20(8-13(19)17(12)24)9-16(23)25-10-15(22)21-6-5-11-3-1-2-4-14(11)21/h1-4,7-8H,5-6,9-10H2. The lowest BCUT2D eigenvalue weighted by molar-refractivity contribution is -0.148. The Bertz CT molecular complexity index is 868. The van der Waals surface area contributed by atoms with E-state index in [2.05, 4.69) is 0 Å². The largest absolute Gasteiger partial charge is 0.454 e. The summed E-state index contributed by atoms with van der Waals surface area (Å²) in [4.78, 5) is 37.6. The van der Waals surface area contributed by atoms with Crippen LogP contribution in [-0.2, 0) is 27.3 Å². The fourth-order valence-electron chi connectivity index (χ4n) is 2.66. The summed E-state index contributed by atoms with van der Waals surface area (Å²) in [7, 11) is 0. The highest BCUT2D eigenvalue weighted by molar-refractivity contribution is 14.1. The first-order chi connectivity index (χ1) is 12.0. The molecule has 1 aromatic heterocycles. The Morgan fingerprint density at radius 1 is 1.12 bits per heavy atom. The number of aromatic nitrogens is 1. The molecule has 2 aromatic rings. The fourth-order valence-corrected chi connectivity index (χ4v) is 4.48. The summed E-state index contributed by atoms with van der Waals surface area (Å²) in [5.41, 5.74) is 1.95. The van der Waals surface area contributed by atoms with Crippen molar-refractivity contribution in [3.63, 3.8) is 0 Å². The number of rotatable bonds is 4. The molecule has 25 heavy (non-hydrogen) atoms. The summed E-state index contributed by atoms with van der Waals surface area (Å²) in [5.74, 6) is -0.751. The smallest absolute Gasteiger partial charge is 0.326 e. The van der Waals surface area contributed by atoms with Crippen molar-refractivity contribution in [1.29, 1.82) is 0 Å². The number of carbonyl (C=O) groups excluding carboxylic acids is 2. The van der Waals surface area contributed by atoms with Gasteiger partial charge >= 0.3 is 5.97 Å². The lowest BCUT2D eigenvalue weighted by Crippen LogP contribution is -2.33. The molecular formula is C17H14I2N2O4. The van der Waals surface area contributed by atoms with Crippen molar-refractivity contribution in [3.05, 3.63) is 59.6 Å². The molecule has 0 atom stereocenters. The second-order valence-electron chi connectivity index (χ2n) is 5.54. The van der Waals surface area contributed by atoms with Gasteiger partial charge in [-0.1, -0.05) is 18.2 Å². The van der Waals surface area contributed by atoms with Crippen molar-refractivity contribution in [2.24, 2.45) is 0 Å². The van der Waals surface area contributed by atoms with E-state index in [0.717, 1.165) is 17.7 Å². The number of ether oxygens (including phenoxy) is 1. The summed E-state index contributed by atoms with van der Waals surface area (Å²) in [6.45, 7) is 0.267. The van der Waals surface area contributed by atoms with E-state index < -0.39 is 5.97 Å². The quantitative estimate of drug-likeness (QED) is 0.422. The lowest BCUT2D eigenvalue weighted by Gasteiger charge is -2.17. The molecule has 0 bridgehead atoms. The van der Waals surface area contributed by atoms with E-state index in [4.69, 9.17) is 4.74 Å². The number of hydrogen-bond acceptors (Lipinski definition) is 4. The van der Waals surface area contributed by atoms with Gasteiger partial charge in [0.2, 0.25) is 5.43 Å². The maximum absolute atomic E-state index is 12.3. The topological polar surface area (TPSA) is 68.6 Å². The lowest BCUT2D eigenvalue weighted by atomic mass is 10.2. The van der Waals surface area contributed by atoms with Gasteiger partial charge in [-0.3, -0.25) is 14.4 Å². The van der Waals surface area contributed by atoms with E-state index in [1.165, 1.54) is 0 Å². The van der Waals surface area contributed by atoms with Crippen molar-refractivity contribution in [2.45, 2.75) is 13.0 Å². The van der Waals surface area contributed by atoms with Gasteiger partial charge in [0.05, 0.1) is 7.14 Å². The SMILES string of the molecule is O=C(Cn1cc(I)c(=O)c(I)c1)OCC(=O)N1CCc2ccccc21. The number of halogens is 2. The highest BCUT2D eigenvalue weighted by Gasteiger charge is 2.24. The third-order valence-corrected chi connectivity index (χ3v) is 5.39. The zero-order valence-electron chi connectivity index (χ0n) is 13.1. The highest BCUT2D eigenvalue weighted by Crippen LogP contribution is 2.27. The second-order valence-corrected chi connectivity index (χ2v) is 7.86. The Kier molecular flexibility index (Phi) is 5.77. The molecular weight excluding hydrogens is 550 g/mol. The van der Waals surface area contributed by atoms with E-state index >= 15 is 0 Å². The minimum absolute atomic E-state index is 0.0455. The molecule has 0 spiro atoms. The molecule has 0 saturated carbocycles. The molecule has 0 aliphatic carbocycles. The summed E-state index contributed by atoms with van der Waals surface area (Å²) in [6, 6.07) is 7.72. The van der Waals surface area contributed by atoms with E-state index in [-0.39, 0.29) is 24.5 Å². The van der Waals surface area contributed by atoms with Crippen LogP contribution in [-0.4, -0.2) is 29.6 Å². The van der Waals surface area contributed by atoms with Crippen molar-refractivity contribution in [2.75, 3.05) is 18.1 Å². The molecule has 1 aliphatic heterocycles. The molecule has 1 aromatic carbocycles. The molecule has 6 nitrogen and oxygen atoms in total. The minimum Gasteiger partial charge on any atom is -0.454 e. The summed E-state index contributed by atoms with van der Waals surface area (Å²) >= 11 is 3.86. The molecule has 130 valence electrons. The number of fused-ring (bicyclic) bond motifs is 1. The molecule has 0 fully saturated rings. The van der Waals surface area contributed by atoms with Gasteiger partial charge in [-0.15, -0.1) is 0 Å². The second kappa shape index (κ2) is 7.85. The first kappa shape index (κ1) is 18.4. The zero-order chi connectivity index (χ0) is 18.0. The molecule has 0 radical (unpaired) electrons. The Balaban J connectivity index is 1.58. The van der Waals surface area contributed by atoms with Gasteiger partial charge in [0.1, 0.15) is 6.54 Å². The van der Waals surface area contributed by atoms with Gasteiger partial charge in [0.25, 0.3) is 5.91 Å². The summed E-state index contributed by atoms with van der Waals surface area (Å²) in [6.07, 6.45) is 3.99. The van der Waals surface area contributed by atoms with Gasteiger partial charge in [-0.05, 0) is 63.2 Å². The molecule has 0 unspecified atom stereocenters. The number of carbonyl (C=O) groups is 2. The zero-order valence-corrected chi connectivity index (χ0v) is 17.4. The van der Waals surface area contributed by atoms with Crippen LogP contribution in [0.2, 0.25) is 0 Å². The first-order valence-corrected chi connectivity index (χ1v) is 9.70. The molecule has 0 saturated heterocycles. The summed E-state index contributed by atoms with van der Waals surface area (Å²) < 4.78 is 7.76. The van der Waals surface area contributed by atoms with E-state index in [1.807, 2.05) is 69.4 Å². The van der Waals surface area contributed by atoms with Crippen LogP contribution in [0.4, 0.5) is 5.69 Å². The predicted octanol–water partition coefficient (Wildman–Crippen LogP) is 2.19. The number of benzene rings is 1. The van der Waals surface area contributed by atoms with Crippen molar-refractivity contribution < 1.29 is 14.3 Å². The van der Waals surface area contributed by atoms with Crippen LogP contribution < -0.4 is 10.3 Å². The third kappa shape index (κ3) is 4.22. The fraction of sp³-hybridized carbons (Fsp3) is 0.235. The summed E-state index contributed by atoms with van der Waals surface area (Å²) in [5, 5.41) is 0. The molecule has 1 aliphatic rings. The Morgan fingerprint density at radius 2 is 1.80 bits per heavy atom. The number of anilines is 1. The number of esters is 1. The number of hydrogen-bond donors (Lipinski definition) is 0. The van der Waals surface area contributed by atoms with Crippen LogP contribution in [0, 0.1) is 7.14 Å². The van der Waals surface area contributed by atoms with Gasteiger partial charge in [0.15, 0.2) is 6.61 Å². The average Bonchev–Trinajstić information content (AvgIpc) is 3.01. The van der Waals surface area contributed by atoms with Crippen LogP contribution in [0.15, 0.2) is 41.5 Å². The molecule has 1 amide bonds. The van der Waals surface area contributed by atoms with Crippen molar-refractivity contribution >= 4 is 62.7 Å². The van der Waals surface area contributed by atoms with Gasteiger partial charge in [0, 0.05) is 24.6 Å². The molecule has 8 heteroatoms. The molecule has 2 heterocycles. The first-order valence-electron chi connectivity index (χ1n) is 7.54. The van der Waals surface area contributed by atoms with Crippen LogP contribution in [0.5, 0.6) is 0 Å². The van der Waals surface area contributed by atoms with Gasteiger partial charge in [-0.25, -0.2) is 0 Å². The van der Waals surface area contributed by atoms with Crippen molar-refractivity contribution in [3.8, 4) is 0 Å². The van der Waals surface area contributed by atoms with Crippen molar-refractivity contribution in [1.82, 2.24) is 4.57 Å². The molecule has 3 rings (SSSR count). The Labute approximate surface area is 171 Å². The Hall–Kier alpha value is -1.43. The highest BCUT2D eigenvalue weighted by atomic mass is 127. The monoisotopic (exact) mass is 564 g/mol. The van der Waals surface area contributed by atoms with E-state index in [9.17, 15) is 14.4 Å². The minimum atomic E-state index is -0.518. The van der Waals surface area contributed by atoms with E-state index in [1.54, 1.807) is 21.9 Å². The maximum Gasteiger partial charge on any atom is 0.326 e. The third-order valence-electron chi connectivity index (χ3n) is 3.85. The number of para-hydroxylation sites is 1. The molecule has 0 N–H and O–H groups in total. The van der Waals surface area contributed by atoms with Gasteiger partial charge < -0.3 is 14.2 Å².